The lowest BCUT2D eigenvalue weighted by Crippen LogP contribution is -2.31. The molecule has 0 saturated heterocycles. The van der Waals surface area contributed by atoms with E-state index in [4.69, 9.17) is 5.14 Å². The first kappa shape index (κ1) is 21.6. The molecule has 2 aliphatic heterocycles. The smallest absolute Gasteiger partial charge is 0.258 e. The highest BCUT2D eigenvalue weighted by Crippen LogP contribution is 2.28. The van der Waals surface area contributed by atoms with Gasteiger partial charge >= 0.3 is 0 Å². The second-order valence-electron chi connectivity index (χ2n) is 6.19. The predicted molar refractivity (Wildman–Crippen MR) is 109 cm³/mol. The van der Waals surface area contributed by atoms with Gasteiger partial charge in [-0.1, -0.05) is 24.3 Å². The molecule has 4 amide bonds. The van der Waals surface area contributed by atoms with Crippen LogP contribution in [0.4, 0.5) is 11.4 Å². The maximum Gasteiger partial charge on any atom is 0.258 e. The number of hydrogen-bond donors (Lipinski definition) is 2. The zero-order chi connectivity index (χ0) is 22.8. The van der Waals surface area contributed by atoms with Crippen molar-refractivity contribution in [3.8, 4) is 5.75 Å². The normalized spacial score (nSPS) is 15.5. The molecule has 2 aromatic carbocycles. The van der Waals surface area contributed by atoms with Gasteiger partial charge in [-0.05, 0) is 24.3 Å². The minimum Gasteiger partial charge on any atom is -0.506 e. The van der Waals surface area contributed by atoms with E-state index in [-0.39, 0.29) is 22.0 Å². The van der Waals surface area contributed by atoms with Crippen LogP contribution in [0.3, 0.4) is 0 Å². The summed E-state index contributed by atoms with van der Waals surface area (Å²) >= 11 is 0. The van der Waals surface area contributed by atoms with E-state index < -0.39 is 33.7 Å². The maximum absolute atomic E-state index is 11.4. The minimum atomic E-state index is -3.99. The highest BCUT2D eigenvalue weighted by Gasteiger charge is 2.29. The van der Waals surface area contributed by atoms with Gasteiger partial charge in [-0.15, -0.1) is 0 Å². The molecule has 0 fully saturated rings. The van der Waals surface area contributed by atoms with Crippen molar-refractivity contribution in [2.45, 2.75) is 4.90 Å². The van der Waals surface area contributed by atoms with E-state index in [0.717, 1.165) is 22.0 Å². The summed E-state index contributed by atoms with van der Waals surface area (Å²) in [5.74, 6) is -2.14. The van der Waals surface area contributed by atoms with Crippen molar-refractivity contribution in [1.82, 2.24) is 0 Å². The first-order valence-corrected chi connectivity index (χ1v) is 10.2. The van der Waals surface area contributed by atoms with Crippen LogP contribution in [-0.2, 0) is 29.2 Å². The van der Waals surface area contributed by atoms with Gasteiger partial charge in [-0.25, -0.2) is 23.4 Å². The van der Waals surface area contributed by atoms with E-state index in [1.54, 1.807) is 12.1 Å². The number of aromatic hydroxyl groups is 1. The molecule has 31 heavy (non-hydrogen) atoms. The van der Waals surface area contributed by atoms with Gasteiger partial charge in [0.05, 0.1) is 11.4 Å². The molecule has 0 atom stereocenters. The van der Waals surface area contributed by atoms with Gasteiger partial charge in [-0.2, -0.15) is 0 Å². The lowest BCUT2D eigenvalue weighted by Gasteiger charge is -2.16. The Morgan fingerprint density at radius 2 is 1.03 bits per heavy atom. The molecule has 2 heterocycles. The van der Waals surface area contributed by atoms with Crippen LogP contribution in [-0.4, -0.2) is 37.2 Å². The van der Waals surface area contributed by atoms with Crippen molar-refractivity contribution in [1.29, 1.82) is 0 Å². The number of nitrogens with two attached hydrogens (primary N) is 1. The molecule has 10 nitrogen and oxygen atoms in total. The van der Waals surface area contributed by atoms with Crippen LogP contribution in [0.1, 0.15) is 0 Å². The number of para-hydroxylation sites is 3. The van der Waals surface area contributed by atoms with Crippen molar-refractivity contribution in [2.24, 2.45) is 5.14 Å². The molecule has 158 valence electrons. The first-order valence-electron chi connectivity index (χ1n) is 8.63. The Morgan fingerprint density at radius 1 is 0.645 bits per heavy atom. The third-order valence-electron chi connectivity index (χ3n) is 4.15. The average molecular weight is 441 g/mol. The number of amides is 4. The molecule has 0 spiro atoms. The Bertz CT molecular complexity index is 1230. The molecule has 4 rings (SSSR count). The molecular weight excluding hydrogens is 426 g/mol. The molecule has 0 saturated carbocycles. The van der Waals surface area contributed by atoms with Crippen molar-refractivity contribution in [2.75, 3.05) is 9.80 Å². The van der Waals surface area contributed by atoms with Crippen molar-refractivity contribution < 1.29 is 32.7 Å². The average Bonchev–Trinajstić information content (AvgIpc) is 3.23. The SMILES string of the molecule is NS(=O)(=O)c1ccccc1N1C(=O)C=CC1=O.O=C1C=CC(=O)N1c1ccccc1O. The number of nitrogens with zero attached hydrogens (tertiary/aromatic N) is 2. The lowest BCUT2D eigenvalue weighted by molar-refractivity contribution is -0.121. The van der Waals surface area contributed by atoms with Crippen LogP contribution in [0.5, 0.6) is 5.75 Å². The molecular formula is C20H15N3O7S. The number of rotatable bonds is 3. The lowest BCUT2D eigenvalue weighted by atomic mass is 10.2. The van der Waals surface area contributed by atoms with Gasteiger partial charge in [0.25, 0.3) is 23.6 Å². The number of primary sulfonamides is 1. The molecule has 2 aliphatic rings. The summed E-state index contributed by atoms with van der Waals surface area (Å²) in [4.78, 5) is 46.8. The summed E-state index contributed by atoms with van der Waals surface area (Å²) in [6.45, 7) is 0. The Hall–Kier alpha value is -4.09. The van der Waals surface area contributed by atoms with Gasteiger partial charge in [0, 0.05) is 24.3 Å². The van der Waals surface area contributed by atoms with Gasteiger partial charge < -0.3 is 5.11 Å². The second kappa shape index (κ2) is 8.34. The number of sulfonamides is 1. The zero-order valence-corrected chi connectivity index (χ0v) is 16.5. The number of carbonyl (C=O) groups excluding carboxylic acids is 4. The maximum atomic E-state index is 11.4. The Labute approximate surface area is 176 Å². The first-order chi connectivity index (χ1) is 14.6. The van der Waals surface area contributed by atoms with Crippen LogP contribution in [0.25, 0.3) is 0 Å². The van der Waals surface area contributed by atoms with Crippen LogP contribution >= 0.6 is 0 Å². The number of phenolic OH excluding ortho intramolecular Hbond substituents is 1. The van der Waals surface area contributed by atoms with Crippen molar-refractivity contribution in [3.63, 3.8) is 0 Å². The number of hydrogen-bond acceptors (Lipinski definition) is 7. The molecule has 0 unspecified atom stereocenters. The van der Waals surface area contributed by atoms with E-state index in [2.05, 4.69) is 0 Å². The van der Waals surface area contributed by atoms with Crippen LogP contribution in [0, 0.1) is 0 Å². The van der Waals surface area contributed by atoms with Gasteiger partial charge in [0.15, 0.2) is 0 Å². The third-order valence-corrected chi connectivity index (χ3v) is 5.11. The number of anilines is 2. The summed E-state index contributed by atoms with van der Waals surface area (Å²) in [6, 6.07) is 11.8. The van der Waals surface area contributed by atoms with Gasteiger partial charge in [-0.3, -0.25) is 19.2 Å². The highest BCUT2D eigenvalue weighted by molar-refractivity contribution is 7.89. The van der Waals surface area contributed by atoms with E-state index in [1.807, 2.05) is 0 Å². The quantitative estimate of drug-likeness (QED) is 0.660. The van der Waals surface area contributed by atoms with Crippen LogP contribution < -0.4 is 14.9 Å². The summed E-state index contributed by atoms with van der Waals surface area (Å²) in [5.41, 5.74) is 0.183. The molecule has 3 N–H and O–H groups in total. The van der Waals surface area contributed by atoms with Crippen molar-refractivity contribution in [3.05, 3.63) is 72.8 Å². The summed E-state index contributed by atoms with van der Waals surface area (Å²) in [7, 11) is -3.99. The largest absolute Gasteiger partial charge is 0.506 e. The van der Waals surface area contributed by atoms with E-state index in [0.29, 0.717) is 0 Å². The van der Waals surface area contributed by atoms with E-state index in [9.17, 15) is 32.7 Å². The standard InChI is InChI=1S/C10H8N2O4S.C10H7NO3/c11-17(15,16)8-4-2-1-3-7(8)12-9(13)5-6-10(12)14;12-8-4-2-1-3-7(8)11-9(13)5-6-10(11)14/h1-6H,(H2,11,15,16);1-6,12H. The van der Waals surface area contributed by atoms with Crippen molar-refractivity contribution >= 4 is 45.0 Å². The molecule has 11 heteroatoms. The number of benzene rings is 2. The number of phenols is 1. The molecule has 0 bridgehead atoms. The summed E-state index contributed by atoms with van der Waals surface area (Å²) in [5, 5.41) is 14.5. The Balaban J connectivity index is 0.000000179. The molecule has 0 radical (unpaired) electrons. The summed E-state index contributed by atoms with van der Waals surface area (Å²) in [6.07, 6.45) is 4.49. The van der Waals surface area contributed by atoms with Gasteiger partial charge in [0.1, 0.15) is 10.6 Å². The van der Waals surface area contributed by atoms with E-state index >= 15 is 0 Å². The molecule has 0 aliphatic carbocycles. The molecule has 2 aromatic rings. The zero-order valence-electron chi connectivity index (χ0n) is 15.7. The fourth-order valence-electron chi connectivity index (χ4n) is 2.81. The minimum absolute atomic E-state index is 0.0324. The molecule has 0 aromatic heterocycles. The summed E-state index contributed by atoms with van der Waals surface area (Å²) < 4.78 is 22.7. The number of imide groups is 2. The highest BCUT2D eigenvalue weighted by atomic mass is 32.2. The van der Waals surface area contributed by atoms with Crippen LogP contribution in [0.15, 0.2) is 77.7 Å². The van der Waals surface area contributed by atoms with Crippen LogP contribution in [0.2, 0.25) is 0 Å². The Morgan fingerprint density at radius 3 is 1.48 bits per heavy atom. The fourth-order valence-corrected chi connectivity index (χ4v) is 3.53. The third kappa shape index (κ3) is 4.42. The fraction of sp³-hybridized carbons (Fsp3) is 0. The monoisotopic (exact) mass is 441 g/mol. The number of carbonyl (C=O) groups is 4. The van der Waals surface area contributed by atoms with Gasteiger partial charge in [0.2, 0.25) is 10.0 Å². The predicted octanol–water partition coefficient (Wildman–Crippen LogP) is 0.585. The topological polar surface area (TPSA) is 155 Å². The van der Waals surface area contributed by atoms with E-state index in [1.165, 1.54) is 48.6 Å². The Kier molecular flexibility index (Phi) is 5.81. The second-order valence-corrected chi connectivity index (χ2v) is 7.72.